The van der Waals surface area contributed by atoms with Crippen molar-refractivity contribution in [1.82, 2.24) is 0 Å². The van der Waals surface area contributed by atoms with Crippen LogP contribution in [0.2, 0.25) is 5.02 Å². The van der Waals surface area contributed by atoms with E-state index >= 15 is 0 Å². The summed E-state index contributed by atoms with van der Waals surface area (Å²) in [6.07, 6.45) is 4.03. The second kappa shape index (κ2) is 4.00. The topological polar surface area (TPSA) is 21.6 Å². The summed E-state index contributed by atoms with van der Waals surface area (Å²) in [5.74, 6) is 1.53. The first kappa shape index (κ1) is 12.7. The Morgan fingerprint density at radius 3 is 2.50 bits per heavy atom. The lowest BCUT2D eigenvalue weighted by atomic mass is 9.55. The molecule has 1 unspecified atom stereocenters. The number of oxime groups is 1. The zero-order valence-electron chi connectivity index (χ0n) is 12.0. The van der Waals surface area contributed by atoms with E-state index in [-0.39, 0.29) is 10.8 Å². The van der Waals surface area contributed by atoms with Crippen molar-refractivity contribution in [2.45, 2.75) is 33.1 Å². The maximum atomic E-state index is 6.02. The molecule has 106 valence electrons. The lowest BCUT2D eigenvalue weighted by molar-refractivity contribution is 0.00918. The van der Waals surface area contributed by atoms with E-state index in [1.165, 1.54) is 24.8 Å². The van der Waals surface area contributed by atoms with Crippen molar-refractivity contribution in [3.63, 3.8) is 0 Å². The molecule has 20 heavy (non-hydrogen) atoms. The molecule has 1 heterocycles. The van der Waals surface area contributed by atoms with Gasteiger partial charge in [-0.1, -0.05) is 42.7 Å². The van der Waals surface area contributed by atoms with Gasteiger partial charge in [0.05, 0.1) is 11.1 Å². The largest absolute Gasteiger partial charge is 0.395 e. The Morgan fingerprint density at radius 1 is 1.15 bits per heavy atom. The van der Waals surface area contributed by atoms with Crippen LogP contribution < -0.4 is 0 Å². The Labute approximate surface area is 125 Å². The second-order valence-corrected chi connectivity index (χ2v) is 7.56. The van der Waals surface area contributed by atoms with Crippen molar-refractivity contribution in [3.8, 4) is 0 Å². The third-order valence-electron chi connectivity index (χ3n) is 6.29. The van der Waals surface area contributed by atoms with E-state index in [0.717, 1.165) is 29.2 Å². The average molecular weight is 290 g/mol. The number of halogens is 1. The fourth-order valence-corrected chi connectivity index (χ4v) is 5.17. The van der Waals surface area contributed by atoms with Crippen LogP contribution in [0.25, 0.3) is 0 Å². The molecule has 2 nitrogen and oxygen atoms in total. The first-order valence-electron chi connectivity index (χ1n) is 7.52. The van der Waals surface area contributed by atoms with Crippen LogP contribution >= 0.6 is 11.6 Å². The van der Waals surface area contributed by atoms with E-state index in [9.17, 15) is 0 Å². The number of fused-ring (bicyclic) bond motifs is 3. The van der Waals surface area contributed by atoms with Crippen LogP contribution in [0, 0.1) is 22.7 Å². The van der Waals surface area contributed by atoms with Gasteiger partial charge in [0.1, 0.15) is 6.61 Å². The summed E-state index contributed by atoms with van der Waals surface area (Å²) in [6, 6.07) is 8.07. The molecule has 0 aromatic heterocycles. The van der Waals surface area contributed by atoms with E-state index in [1.807, 2.05) is 12.1 Å². The fraction of sp³-hybridized carbons (Fsp3) is 0.588. The van der Waals surface area contributed by atoms with Crippen molar-refractivity contribution in [2.75, 3.05) is 6.61 Å². The fourth-order valence-electron chi connectivity index (χ4n) is 5.04. The molecular weight excluding hydrogens is 270 g/mol. The molecular formula is C17H20ClNO. The van der Waals surface area contributed by atoms with Gasteiger partial charge < -0.3 is 4.84 Å². The highest BCUT2D eigenvalue weighted by Crippen LogP contribution is 2.68. The van der Waals surface area contributed by atoms with E-state index in [0.29, 0.717) is 0 Å². The molecule has 3 heteroatoms. The van der Waals surface area contributed by atoms with Crippen LogP contribution in [-0.2, 0) is 4.84 Å². The van der Waals surface area contributed by atoms with Gasteiger partial charge in [0.2, 0.25) is 0 Å². The molecule has 2 saturated carbocycles. The van der Waals surface area contributed by atoms with Crippen molar-refractivity contribution in [1.29, 1.82) is 0 Å². The molecule has 1 spiro atoms. The summed E-state index contributed by atoms with van der Waals surface area (Å²) in [6.45, 7) is 5.58. The van der Waals surface area contributed by atoms with Crippen LogP contribution in [0.15, 0.2) is 29.4 Å². The molecule has 3 aliphatic rings. The van der Waals surface area contributed by atoms with Crippen molar-refractivity contribution < 1.29 is 4.84 Å². The van der Waals surface area contributed by atoms with E-state index in [4.69, 9.17) is 16.4 Å². The Kier molecular flexibility index (Phi) is 2.54. The second-order valence-electron chi connectivity index (χ2n) is 7.12. The minimum absolute atomic E-state index is 0.101. The Morgan fingerprint density at radius 2 is 1.85 bits per heavy atom. The maximum absolute atomic E-state index is 6.02. The highest BCUT2D eigenvalue weighted by Gasteiger charge is 2.67. The van der Waals surface area contributed by atoms with Crippen LogP contribution in [0.4, 0.5) is 0 Å². The molecule has 2 bridgehead atoms. The molecule has 1 aromatic carbocycles. The van der Waals surface area contributed by atoms with Crippen LogP contribution in [0.3, 0.4) is 0 Å². The van der Waals surface area contributed by atoms with Gasteiger partial charge in [0, 0.05) is 10.6 Å². The first-order chi connectivity index (χ1) is 9.55. The highest BCUT2D eigenvalue weighted by atomic mass is 35.5. The standard InChI is InChI=1S/C17H20ClNO/c1-16(2)12-5-6-13(9-12)17(16)10-20-19-15(17)11-3-7-14(18)8-4-11/h3-4,7-8,12-13H,5-6,9-10H2,1-2H3/t12-,13+,17?/m1/s1. The molecule has 2 aliphatic carbocycles. The molecule has 1 aliphatic heterocycles. The molecule has 0 saturated heterocycles. The van der Waals surface area contributed by atoms with E-state index < -0.39 is 0 Å². The maximum Gasteiger partial charge on any atom is 0.129 e. The van der Waals surface area contributed by atoms with Crippen molar-refractivity contribution in [2.24, 2.45) is 27.8 Å². The zero-order chi connectivity index (χ0) is 14.0. The molecule has 1 aromatic rings. The highest BCUT2D eigenvalue weighted by molar-refractivity contribution is 6.30. The Hall–Kier alpha value is -1.02. The van der Waals surface area contributed by atoms with Gasteiger partial charge in [-0.05, 0) is 48.6 Å². The number of hydrogen-bond donors (Lipinski definition) is 0. The van der Waals surface area contributed by atoms with Gasteiger partial charge in [0.15, 0.2) is 0 Å². The molecule has 0 radical (unpaired) electrons. The number of nitrogens with zero attached hydrogens (tertiary/aromatic N) is 1. The summed E-state index contributed by atoms with van der Waals surface area (Å²) in [5, 5.41) is 5.23. The van der Waals surface area contributed by atoms with Gasteiger partial charge in [-0.3, -0.25) is 0 Å². The summed E-state index contributed by atoms with van der Waals surface area (Å²) < 4.78 is 0. The summed E-state index contributed by atoms with van der Waals surface area (Å²) in [5.41, 5.74) is 2.70. The molecule has 3 atom stereocenters. The number of hydrogen-bond acceptors (Lipinski definition) is 2. The summed E-state index contributed by atoms with van der Waals surface area (Å²) in [7, 11) is 0. The van der Waals surface area contributed by atoms with Gasteiger partial charge in [-0.15, -0.1) is 0 Å². The monoisotopic (exact) mass is 289 g/mol. The zero-order valence-corrected chi connectivity index (χ0v) is 12.8. The minimum atomic E-state index is 0.101. The predicted molar refractivity (Wildman–Crippen MR) is 81.0 cm³/mol. The Balaban J connectivity index is 1.82. The minimum Gasteiger partial charge on any atom is -0.395 e. The van der Waals surface area contributed by atoms with E-state index in [1.54, 1.807) is 0 Å². The van der Waals surface area contributed by atoms with Crippen LogP contribution in [-0.4, -0.2) is 12.3 Å². The molecule has 0 N–H and O–H groups in total. The summed E-state index contributed by atoms with van der Waals surface area (Å²) in [4.78, 5) is 5.62. The molecule has 4 rings (SSSR count). The SMILES string of the molecule is CC1(C)[C@@H]2CC[C@@H](C2)C12CON=C2c1ccc(Cl)cc1. The number of benzene rings is 1. The first-order valence-corrected chi connectivity index (χ1v) is 7.90. The Bertz CT molecular complexity index is 577. The van der Waals surface area contributed by atoms with Gasteiger partial charge >= 0.3 is 0 Å². The van der Waals surface area contributed by atoms with Crippen LogP contribution in [0.1, 0.15) is 38.7 Å². The predicted octanol–water partition coefficient (Wildman–Crippen LogP) is 4.52. The third-order valence-corrected chi connectivity index (χ3v) is 6.54. The smallest absolute Gasteiger partial charge is 0.129 e. The normalized spacial score (nSPS) is 37.2. The quantitative estimate of drug-likeness (QED) is 0.745. The van der Waals surface area contributed by atoms with Gasteiger partial charge in [-0.2, -0.15) is 0 Å². The lowest BCUT2D eigenvalue weighted by Crippen LogP contribution is -2.49. The van der Waals surface area contributed by atoms with Gasteiger partial charge in [-0.25, -0.2) is 0 Å². The average Bonchev–Trinajstić information content (AvgIpc) is 3.10. The van der Waals surface area contributed by atoms with Gasteiger partial charge in [0.25, 0.3) is 0 Å². The van der Waals surface area contributed by atoms with E-state index in [2.05, 4.69) is 31.1 Å². The molecule has 0 amide bonds. The lowest BCUT2D eigenvalue weighted by Gasteiger charge is -2.46. The van der Waals surface area contributed by atoms with Crippen LogP contribution in [0.5, 0.6) is 0 Å². The summed E-state index contributed by atoms with van der Waals surface area (Å²) >= 11 is 6.02. The van der Waals surface area contributed by atoms with Crippen molar-refractivity contribution in [3.05, 3.63) is 34.9 Å². The number of rotatable bonds is 1. The molecule has 2 fully saturated rings. The van der Waals surface area contributed by atoms with Crippen molar-refractivity contribution >= 4 is 17.3 Å². The third kappa shape index (κ3) is 1.38.